The second-order valence-electron chi connectivity index (χ2n) is 7.22. The van der Waals surface area contributed by atoms with Gasteiger partial charge in [0.2, 0.25) is 5.91 Å². The van der Waals surface area contributed by atoms with Crippen molar-refractivity contribution in [2.24, 2.45) is 4.99 Å². The quantitative estimate of drug-likeness (QED) is 0.342. The molecular formula is C24H17Cl3N2O2S. The summed E-state index contributed by atoms with van der Waals surface area (Å²) in [4.78, 5) is 32.4. The minimum Gasteiger partial charge on any atom is -0.294 e. The number of benzene rings is 3. The van der Waals surface area contributed by atoms with Crippen LogP contribution in [0.2, 0.25) is 15.1 Å². The Labute approximate surface area is 205 Å². The van der Waals surface area contributed by atoms with Gasteiger partial charge in [-0.15, -0.1) is 0 Å². The number of rotatable bonds is 5. The number of carbonyl (C=O) groups is 2. The summed E-state index contributed by atoms with van der Waals surface area (Å²) in [7, 11) is 0. The summed E-state index contributed by atoms with van der Waals surface area (Å²) in [6.07, 6.45) is 0.0499. The van der Waals surface area contributed by atoms with Crippen LogP contribution in [0.3, 0.4) is 0 Å². The molecule has 0 aliphatic carbocycles. The Kier molecular flexibility index (Phi) is 6.91. The average molecular weight is 504 g/mol. The van der Waals surface area contributed by atoms with Crippen LogP contribution in [0.1, 0.15) is 22.3 Å². The summed E-state index contributed by atoms with van der Waals surface area (Å²) in [6.45, 7) is 1.84. The Morgan fingerprint density at radius 1 is 0.969 bits per heavy atom. The van der Waals surface area contributed by atoms with E-state index in [4.69, 9.17) is 34.8 Å². The highest BCUT2D eigenvalue weighted by molar-refractivity contribution is 8.16. The van der Waals surface area contributed by atoms with Crippen molar-refractivity contribution in [3.05, 3.63) is 92.9 Å². The van der Waals surface area contributed by atoms with Crippen molar-refractivity contribution in [2.75, 3.05) is 4.90 Å². The molecule has 32 heavy (non-hydrogen) atoms. The SMILES string of the molecule is Cc1cc(C(=O)CC2SC(=Nc3ccc(Cl)cc3)N(c3ccc(Cl)cc3)C2=O)ccc1Cl. The first-order valence-electron chi connectivity index (χ1n) is 9.71. The van der Waals surface area contributed by atoms with Gasteiger partial charge in [0.05, 0.1) is 16.6 Å². The van der Waals surface area contributed by atoms with Crippen molar-refractivity contribution >= 4 is 74.8 Å². The van der Waals surface area contributed by atoms with E-state index in [1.165, 1.54) is 16.7 Å². The van der Waals surface area contributed by atoms with Gasteiger partial charge in [0.1, 0.15) is 0 Å². The second kappa shape index (κ2) is 9.67. The molecule has 4 nitrogen and oxygen atoms in total. The summed E-state index contributed by atoms with van der Waals surface area (Å²) in [6, 6.07) is 19.1. The van der Waals surface area contributed by atoms with Crippen molar-refractivity contribution in [2.45, 2.75) is 18.6 Å². The largest absolute Gasteiger partial charge is 0.294 e. The number of ketones is 1. The van der Waals surface area contributed by atoms with Crippen molar-refractivity contribution in [1.82, 2.24) is 0 Å². The third-order valence-corrected chi connectivity index (χ3v) is 6.99. The topological polar surface area (TPSA) is 49.7 Å². The van der Waals surface area contributed by atoms with Crippen LogP contribution in [0.5, 0.6) is 0 Å². The van der Waals surface area contributed by atoms with Crippen LogP contribution in [-0.2, 0) is 4.79 Å². The van der Waals surface area contributed by atoms with Crippen LogP contribution < -0.4 is 4.90 Å². The number of carbonyl (C=O) groups excluding carboxylic acids is 2. The van der Waals surface area contributed by atoms with Crippen molar-refractivity contribution < 1.29 is 9.59 Å². The van der Waals surface area contributed by atoms with Crippen molar-refractivity contribution in [3.63, 3.8) is 0 Å². The molecule has 162 valence electrons. The number of halogens is 3. The predicted octanol–water partition coefficient (Wildman–Crippen LogP) is 7.36. The summed E-state index contributed by atoms with van der Waals surface area (Å²) >= 11 is 19.3. The molecule has 1 heterocycles. The van der Waals surface area contributed by atoms with Crippen LogP contribution in [0.25, 0.3) is 0 Å². The van der Waals surface area contributed by atoms with Gasteiger partial charge < -0.3 is 0 Å². The Bertz CT molecular complexity index is 1210. The maximum Gasteiger partial charge on any atom is 0.247 e. The Morgan fingerprint density at radius 3 is 2.22 bits per heavy atom. The highest BCUT2D eigenvalue weighted by atomic mass is 35.5. The van der Waals surface area contributed by atoms with Gasteiger partial charge in [-0.05, 0) is 79.2 Å². The normalized spacial score (nSPS) is 17.2. The number of amides is 1. The molecule has 4 rings (SSSR count). The fraction of sp³-hybridized carbons (Fsp3) is 0.125. The van der Waals surface area contributed by atoms with Gasteiger partial charge in [0, 0.05) is 27.1 Å². The van der Waals surface area contributed by atoms with E-state index in [2.05, 4.69) is 4.99 Å². The zero-order valence-corrected chi connectivity index (χ0v) is 20.0. The summed E-state index contributed by atoms with van der Waals surface area (Å²) < 4.78 is 0. The van der Waals surface area contributed by atoms with Crippen LogP contribution in [0.15, 0.2) is 71.7 Å². The lowest BCUT2D eigenvalue weighted by atomic mass is 10.0. The van der Waals surface area contributed by atoms with E-state index >= 15 is 0 Å². The molecule has 3 aromatic carbocycles. The van der Waals surface area contributed by atoms with Gasteiger partial charge in [-0.2, -0.15) is 0 Å². The second-order valence-corrected chi connectivity index (χ2v) is 9.67. The van der Waals surface area contributed by atoms with Crippen LogP contribution in [0, 0.1) is 6.92 Å². The van der Waals surface area contributed by atoms with E-state index in [0.29, 0.717) is 37.2 Å². The molecule has 1 atom stereocenters. The number of amidine groups is 1. The molecule has 1 amide bonds. The molecule has 0 radical (unpaired) electrons. The molecule has 1 saturated heterocycles. The highest BCUT2D eigenvalue weighted by Crippen LogP contribution is 2.36. The third kappa shape index (κ3) is 5.02. The first-order chi connectivity index (χ1) is 15.3. The smallest absolute Gasteiger partial charge is 0.247 e. The van der Waals surface area contributed by atoms with Crippen LogP contribution >= 0.6 is 46.6 Å². The van der Waals surface area contributed by atoms with Crippen molar-refractivity contribution in [1.29, 1.82) is 0 Å². The van der Waals surface area contributed by atoms with Gasteiger partial charge in [-0.1, -0.05) is 46.6 Å². The number of thioether (sulfide) groups is 1. The molecule has 1 aliphatic heterocycles. The predicted molar refractivity (Wildman–Crippen MR) is 134 cm³/mol. The highest BCUT2D eigenvalue weighted by Gasteiger charge is 2.40. The molecule has 0 aromatic heterocycles. The first kappa shape index (κ1) is 22.9. The lowest BCUT2D eigenvalue weighted by molar-refractivity contribution is -0.116. The average Bonchev–Trinajstić information content (AvgIpc) is 3.07. The van der Waals surface area contributed by atoms with Gasteiger partial charge in [0.15, 0.2) is 11.0 Å². The minimum absolute atomic E-state index is 0.0499. The lowest BCUT2D eigenvalue weighted by Gasteiger charge is -2.16. The molecule has 1 unspecified atom stereocenters. The van der Waals surface area contributed by atoms with Crippen molar-refractivity contribution in [3.8, 4) is 0 Å². The van der Waals surface area contributed by atoms with E-state index in [9.17, 15) is 9.59 Å². The van der Waals surface area contributed by atoms with Gasteiger partial charge in [0.25, 0.3) is 0 Å². The molecule has 0 spiro atoms. The van der Waals surface area contributed by atoms with E-state index in [-0.39, 0.29) is 18.1 Å². The van der Waals surface area contributed by atoms with Gasteiger partial charge in [-0.3, -0.25) is 14.5 Å². The minimum atomic E-state index is -0.597. The molecule has 8 heteroatoms. The Morgan fingerprint density at radius 2 is 1.59 bits per heavy atom. The monoisotopic (exact) mass is 502 g/mol. The molecule has 1 fully saturated rings. The summed E-state index contributed by atoms with van der Waals surface area (Å²) in [5, 5.41) is 1.65. The molecule has 0 bridgehead atoms. The Balaban J connectivity index is 1.65. The van der Waals surface area contributed by atoms with E-state index in [0.717, 1.165) is 5.56 Å². The molecule has 0 saturated carbocycles. The van der Waals surface area contributed by atoms with Gasteiger partial charge in [-0.25, -0.2) is 4.99 Å². The third-order valence-electron chi connectivity index (χ3n) is 4.92. The van der Waals surface area contributed by atoms with Gasteiger partial charge >= 0.3 is 0 Å². The van der Waals surface area contributed by atoms with E-state index in [1.807, 2.05) is 6.92 Å². The number of anilines is 1. The fourth-order valence-electron chi connectivity index (χ4n) is 3.23. The van der Waals surface area contributed by atoms with Crippen LogP contribution in [-0.4, -0.2) is 22.1 Å². The number of nitrogens with zero attached hydrogens (tertiary/aromatic N) is 2. The number of Topliss-reactive ketones (excluding diaryl/α,β-unsaturated/α-hetero) is 1. The molecular weight excluding hydrogens is 487 g/mol. The number of aryl methyl sites for hydroxylation is 1. The van der Waals surface area contributed by atoms with E-state index < -0.39 is 5.25 Å². The zero-order valence-electron chi connectivity index (χ0n) is 16.9. The lowest BCUT2D eigenvalue weighted by Crippen LogP contribution is -2.32. The summed E-state index contributed by atoms with van der Waals surface area (Å²) in [5.41, 5.74) is 2.64. The molecule has 1 aliphatic rings. The summed E-state index contributed by atoms with van der Waals surface area (Å²) in [5.74, 6) is -0.330. The standard InChI is InChI=1S/C24H17Cl3N2O2S/c1-14-12-15(2-11-20(14)27)21(30)13-22-23(31)29(19-9-5-17(26)6-10-19)24(32-22)28-18-7-3-16(25)4-8-18/h2-12,22H,13H2,1H3. The number of hydrogen-bond donors (Lipinski definition) is 0. The van der Waals surface area contributed by atoms with E-state index in [1.54, 1.807) is 66.7 Å². The Hall–Kier alpha value is -2.31. The maximum atomic E-state index is 13.3. The van der Waals surface area contributed by atoms with Crippen LogP contribution in [0.4, 0.5) is 11.4 Å². The molecule has 0 N–H and O–H groups in total. The first-order valence-corrected chi connectivity index (χ1v) is 11.7. The molecule has 3 aromatic rings. The fourth-order valence-corrected chi connectivity index (χ4v) is 4.76. The zero-order chi connectivity index (χ0) is 22.8. The number of aliphatic imine (C=N–C) groups is 1. The number of hydrogen-bond acceptors (Lipinski definition) is 4. The maximum absolute atomic E-state index is 13.3.